The van der Waals surface area contributed by atoms with Crippen LogP contribution in [-0.4, -0.2) is 9.97 Å². The minimum absolute atomic E-state index is 0.180. The van der Waals surface area contributed by atoms with E-state index in [2.05, 4.69) is 41.8 Å². The van der Waals surface area contributed by atoms with Crippen molar-refractivity contribution in [2.45, 2.75) is 19.8 Å². The molecule has 0 aliphatic heterocycles. The van der Waals surface area contributed by atoms with Gasteiger partial charge >= 0.3 is 0 Å². The lowest BCUT2D eigenvalue weighted by Crippen LogP contribution is -2.00. The quantitative estimate of drug-likeness (QED) is 0.688. The summed E-state index contributed by atoms with van der Waals surface area (Å²) < 4.78 is 20.1. The van der Waals surface area contributed by atoms with Gasteiger partial charge in [-0.25, -0.2) is 9.37 Å². The molecule has 2 aromatic rings. The SMILES string of the molecule is CC(C)c1nc(Br)cc(Oc2cc(F)cc(Br)c2)n1. The Morgan fingerprint density at radius 1 is 1.11 bits per heavy atom. The molecule has 0 aliphatic rings. The lowest BCUT2D eigenvalue weighted by molar-refractivity contribution is 0.451. The molecule has 0 fully saturated rings. The molecule has 0 saturated carbocycles. The standard InChI is InChI=1S/C13H11Br2FN2O/c1-7(2)13-17-11(15)6-12(18-13)19-10-4-8(14)3-9(16)5-10/h3-7H,1-2H3. The molecule has 2 rings (SSSR count). The summed E-state index contributed by atoms with van der Waals surface area (Å²) in [5.41, 5.74) is 0. The normalized spacial score (nSPS) is 10.8. The monoisotopic (exact) mass is 388 g/mol. The maximum Gasteiger partial charge on any atom is 0.223 e. The van der Waals surface area contributed by atoms with E-state index in [0.717, 1.165) is 0 Å². The van der Waals surface area contributed by atoms with Gasteiger partial charge in [0.15, 0.2) is 0 Å². The summed E-state index contributed by atoms with van der Waals surface area (Å²) in [6, 6.07) is 5.98. The first-order valence-corrected chi connectivity index (χ1v) is 7.21. The minimum atomic E-state index is -0.374. The minimum Gasteiger partial charge on any atom is -0.439 e. The second-order valence-corrected chi connectivity index (χ2v) is 5.98. The molecule has 0 atom stereocenters. The average Bonchev–Trinajstić information content (AvgIpc) is 2.26. The molecular weight excluding hydrogens is 379 g/mol. The number of nitrogens with zero attached hydrogens (tertiary/aromatic N) is 2. The van der Waals surface area contributed by atoms with Crippen LogP contribution in [-0.2, 0) is 0 Å². The number of hydrogen-bond donors (Lipinski definition) is 0. The van der Waals surface area contributed by atoms with Crippen molar-refractivity contribution in [3.05, 3.63) is 45.0 Å². The first-order valence-electron chi connectivity index (χ1n) is 5.62. The molecule has 0 saturated heterocycles. The van der Waals surface area contributed by atoms with Crippen LogP contribution in [0.5, 0.6) is 11.6 Å². The highest BCUT2D eigenvalue weighted by Gasteiger charge is 2.09. The first kappa shape index (κ1) is 14.4. The summed E-state index contributed by atoms with van der Waals surface area (Å²) in [7, 11) is 0. The Labute approximate surface area is 127 Å². The molecule has 0 aliphatic carbocycles. The van der Waals surface area contributed by atoms with E-state index >= 15 is 0 Å². The Kier molecular flexibility index (Phi) is 4.52. The van der Waals surface area contributed by atoms with E-state index in [1.165, 1.54) is 12.1 Å². The largest absolute Gasteiger partial charge is 0.439 e. The van der Waals surface area contributed by atoms with Crippen LogP contribution in [0.25, 0.3) is 0 Å². The Morgan fingerprint density at radius 2 is 1.84 bits per heavy atom. The van der Waals surface area contributed by atoms with Crippen LogP contribution in [0.4, 0.5) is 4.39 Å². The van der Waals surface area contributed by atoms with E-state index in [0.29, 0.717) is 26.5 Å². The molecule has 0 bridgehead atoms. The van der Waals surface area contributed by atoms with Crippen LogP contribution in [0.1, 0.15) is 25.6 Å². The van der Waals surface area contributed by atoms with E-state index in [9.17, 15) is 4.39 Å². The summed E-state index contributed by atoms with van der Waals surface area (Å²) >= 11 is 6.53. The lowest BCUT2D eigenvalue weighted by Gasteiger charge is -2.09. The smallest absolute Gasteiger partial charge is 0.223 e. The third kappa shape index (κ3) is 3.98. The van der Waals surface area contributed by atoms with Gasteiger partial charge in [-0.1, -0.05) is 29.8 Å². The molecule has 1 aromatic heterocycles. The fraction of sp³-hybridized carbons (Fsp3) is 0.231. The van der Waals surface area contributed by atoms with Crippen LogP contribution < -0.4 is 4.74 Å². The van der Waals surface area contributed by atoms with Gasteiger partial charge in [0.25, 0.3) is 0 Å². The molecular formula is C13H11Br2FN2O. The number of aromatic nitrogens is 2. The Bertz CT molecular complexity index is 585. The lowest BCUT2D eigenvalue weighted by atomic mass is 10.2. The average molecular weight is 390 g/mol. The number of ether oxygens (including phenoxy) is 1. The molecule has 3 nitrogen and oxygen atoms in total. The van der Waals surface area contributed by atoms with Gasteiger partial charge in [0, 0.05) is 22.5 Å². The molecule has 0 N–H and O–H groups in total. The van der Waals surface area contributed by atoms with Crippen LogP contribution in [0, 0.1) is 5.82 Å². The summed E-state index contributed by atoms with van der Waals surface area (Å²) in [5, 5.41) is 0. The predicted octanol–water partition coefficient (Wildman–Crippen LogP) is 5.06. The highest BCUT2D eigenvalue weighted by Crippen LogP contribution is 2.27. The van der Waals surface area contributed by atoms with Gasteiger partial charge in [-0.3, -0.25) is 0 Å². The van der Waals surface area contributed by atoms with Crippen LogP contribution in [0.2, 0.25) is 0 Å². The molecule has 1 heterocycles. The Balaban J connectivity index is 2.32. The topological polar surface area (TPSA) is 35.0 Å². The fourth-order valence-electron chi connectivity index (χ4n) is 1.43. The highest BCUT2D eigenvalue weighted by molar-refractivity contribution is 9.10. The first-order chi connectivity index (χ1) is 8.94. The van der Waals surface area contributed by atoms with Crippen molar-refractivity contribution >= 4 is 31.9 Å². The van der Waals surface area contributed by atoms with Gasteiger partial charge in [0.2, 0.25) is 5.88 Å². The second-order valence-electron chi connectivity index (χ2n) is 4.25. The molecule has 19 heavy (non-hydrogen) atoms. The molecule has 0 spiro atoms. The molecule has 6 heteroatoms. The van der Waals surface area contributed by atoms with Crippen LogP contribution in [0.15, 0.2) is 33.3 Å². The zero-order valence-electron chi connectivity index (χ0n) is 10.3. The molecule has 100 valence electrons. The fourth-order valence-corrected chi connectivity index (χ4v) is 2.25. The number of hydrogen-bond acceptors (Lipinski definition) is 3. The maximum absolute atomic E-state index is 13.3. The van der Waals surface area contributed by atoms with Crippen molar-refractivity contribution in [2.75, 3.05) is 0 Å². The summed E-state index contributed by atoms with van der Waals surface area (Å²) in [5.74, 6) is 1.23. The Morgan fingerprint density at radius 3 is 2.47 bits per heavy atom. The molecule has 0 radical (unpaired) electrons. The van der Waals surface area contributed by atoms with E-state index < -0.39 is 0 Å². The summed E-state index contributed by atoms with van der Waals surface area (Å²) in [6.07, 6.45) is 0. The van der Waals surface area contributed by atoms with Gasteiger partial charge in [0.1, 0.15) is 22.0 Å². The second kappa shape index (κ2) is 5.96. The third-order valence-corrected chi connectivity index (χ3v) is 3.13. The van der Waals surface area contributed by atoms with Gasteiger partial charge in [-0.05, 0) is 28.1 Å². The van der Waals surface area contributed by atoms with Crippen molar-refractivity contribution in [3.8, 4) is 11.6 Å². The Hall–Kier alpha value is -1.01. The van der Waals surface area contributed by atoms with Crippen molar-refractivity contribution in [3.63, 3.8) is 0 Å². The third-order valence-electron chi connectivity index (χ3n) is 2.26. The number of halogens is 3. The van der Waals surface area contributed by atoms with Crippen LogP contribution >= 0.6 is 31.9 Å². The van der Waals surface area contributed by atoms with Crippen molar-refractivity contribution in [2.24, 2.45) is 0 Å². The van der Waals surface area contributed by atoms with E-state index in [-0.39, 0.29) is 11.7 Å². The van der Waals surface area contributed by atoms with Gasteiger partial charge in [-0.2, -0.15) is 4.98 Å². The van der Waals surface area contributed by atoms with Crippen molar-refractivity contribution < 1.29 is 9.13 Å². The van der Waals surface area contributed by atoms with Gasteiger partial charge in [-0.15, -0.1) is 0 Å². The maximum atomic E-state index is 13.3. The van der Waals surface area contributed by atoms with Crippen molar-refractivity contribution in [1.29, 1.82) is 0 Å². The molecule has 0 amide bonds. The zero-order valence-corrected chi connectivity index (χ0v) is 13.5. The van der Waals surface area contributed by atoms with Crippen LogP contribution in [0.3, 0.4) is 0 Å². The summed E-state index contributed by atoms with van der Waals surface area (Å²) in [4.78, 5) is 8.54. The van der Waals surface area contributed by atoms with E-state index in [1.54, 1.807) is 12.1 Å². The molecule has 0 unspecified atom stereocenters. The molecule has 1 aromatic carbocycles. The van der Waals surface area contributed by atoms with Gasteiger partial charge in [0.05, 0.1) is 0 Å². The van der Waals surface area contributed by atoms with Gasteiger partial charge < -0.3 is 4.74 Å². The number of benzene rings is 1. The van der Waals surface area contributed by atoms with E-state index in [1.807, 2.05) is 13.8 Å². The zero-order chi connectivity index (χ0) is 14.0. The van der Waals surface area contributed by atoms with E-state index in [4.69, 9.17) is 4.74 Å². The summed E-state index contributed by atoms with van der Waals surface area (Å²) in [6.45, 7) is 3.98. The number of rotatable bonds is 3. The predicted molar refractivity (Wildman–Crippen MR) is 78.0 cm³/mol. The highest BCUT2D eigenvalue weighted by atomic mass is 79.9. The van der Waals surface area contributed by atoms with Crippen molar-refractivity contribution in [1.82, 2.24) is 9.97 Å².